The first-order valence-corrected chi connectivity index (χ1v) is 7.73. The third kappa shape index (κ3) is 12.6. The van der Waals surface area contributed by atoms with E-state index in [1.165, 1.54) is 6.42 Å². The number of hydrogen-bond donors (Lipinski definition) is 1. The Morgan fingerprint density at radius 1 is 0.895 bits per heavy atom. The minimum atomic E-state index is 0.305. The first-order chi connectivity index (χ1) is 8.84. The number of nitrogens with one attached hydrogen (secondary N) is 1. The van der Waals surface area contributed by atoms with Crippen LogP contribution in [0.15, 0.2) is 0 Å². The molecule has 3 nitrogen and oxygen atoms in total. The van der Waals surface area contributed by atoms with Gasteiger partial charge in [0.25, 0.3) is 0 Å². The molecule has 0 fully saturated rings. The quantitative estimate of drug-likeness (QED) is 0.585. The predicted molar refractivity (Wildman–Crippen MR) is 82.6 cm³/mol. The molecule has 3 heteroatoms. The van der Waals surface area contributed by atoms with Crippen LogP contribution in [0.3, 0.4) is 0 Å². The normalized spacial score (nSPS) is 14.1. The van der Waals surface area contributed by atoms with Crippen LogP contribution in [0.2, 0.25) is 0 Å². The maximum absolute atomic E-state index is 5.54. The fourth-order valence-corrected chi connectivity index (χ4v) is 1.57. The second-order valence-corrected chi connectivity index (χ2v) is 6.80. The molecule has 19 heavy (non-hydrogen) atoms. The summed E-state index contributed by atoms with van der Waals surface area (Å²) in [5.74, 6) is 0.774. The summed E-state index contributed by atoms with van der Waals surface area (Å²) in [7, 11) is 0. The van der Waals surface area contributed by atoms with Crippen LogP contribution in [0.25, 0.3) is 0 Å². The standard InChI is InChI=1S/C16H35NO2/c1-14(2)8-7-10-18-12-13-19-11-9-17-15(3)16(4,5)6/h14-15,17H,7-13H2,1-6H3. The first kappa shape index (κ1) is 18.9. The van der Waals surface area contributed by atoms with Crippen LogP contribution in [0.4, 0.5) is 0 Å². The third-order valence-corrected chi connectivity index (χ3v) is 3.44. The molecule has 0 amide bonds. The van der Waals surface area contributed by atoms with Gasteiger partial charge in [0.2, 0.25) is 0 Å². The molecule has 0 saturated carbocycles. The topological polar surface area (TPSA) is 30.5 Å². The highest BCUT2D eigenvalue weighted by Gasteiger charge is 2.18. The van der Waals surface area contributed by atoms with Crippen molar-refractivity contribution in [3.8, 4) is 0 Å². The molecule has 116 valence electrons. The zero-order valence-corrected chi connectivity index (χ0v) is 13.9. The van der Waals surface area contributed by atoms with E-state index in [0.29, 0.717) is 24.7 Å². The van der Waals surface area contributed by atoms with Crippen LogP contribution in [0, 0.1) is 11.3 Å². The molecule has 0 aliphatic carbocycles. The summed E-state index contributed by atoms with van der Waals surface area (Å²) in [6.45, 7) is 17.4. The molecule has 0 rings (SSSR count). The average Bonchev–Trinajstić information content (AvgIpc) is 2.29. The van der Waals surface area contributed by atoms with Crippen molar-refractivity contribution in [1.29, 1.82) is 0 Å². The second-order valence-electron chi connectivity index (χ2n) is 6.80. The van der Waals surface area contributed by atoms with E-state index in [1.807, 2.05) is 0 Å². The number of hydrogen-bond acceptors (Lipinski definition) is 3. The summed E-state index contributed by atoms with van der Waals surface area (Å²) < 4.78 is 11.1. The monoisotopic (exact) mass is 273 g/mol. The lowest BCUT2D eigenvalue weighted by molar-refractivity contribution is 0.0453. The lowest BCUT2D eigenvalue weighted by atomic mass is 9.88. The molecule has 1 N–H and O–H groups in total. The Kier molecular flexibility index (Phi) is 10.6. The summed E-state index contributed by atoms with van der Waals surface area (Å²) in [5, 5.41) is 3.48. The fourth-order valence-electron chi connectivity index (χ4n) is 1.57. The molecule has 1 unspecified atom stereocenters. The van der Waals surface area contributed by atoms with Gasteiger partial charge in [-0.05, 0) is 31.1 Å². The van der Waals surface area contributed by atoms with Gasteiger partial charge in [-0.15, -0.1) is 0 Å². The van der Waals surface area contributed by atoms with Crippen molar-refractivity contribution in [1.82, 2.24) is 5.32 Å². The van der Waals surface area contributed by atoms with Gasteiger partial charge in [-0.3, -0.25) is 0 Å². The van der Waals surface area contributed by atoms with E-state index < -0.39 is 0 Å². The Bertz CT molecular complexity index is 199. The summed E-state index contributed by atoms with van der Waals surface area (Å²) >= 11 is 0. The van der Waals surface area contributed by atoms with Crippen molar-refractivity contribution in [2.75, 3.05) is 33.0 Å². The summed E-state index contributed by atoms with van der Waals surface area (Å²) in [6.07, 6.45) is 2.40. The summed E-state index contributed by atoms with van der Waals surface area (Å²) in [4.78, 5) is 0. The molecule has 0 saturated heterocycles. The molecule has 0 aromatic carbocycles. The number of ether oxygens (including phenoxy) is 2. The van der Waals surface area contributed by atoms with Gasteiger partial charge in [-0.1, -0.05) is 34.6 Å². The molecule has 0 radical (unpaired) electrons. The van der Waals surface area contributed by atoms with E-state index >= 15 is 0 Å². The molecular weight excluding hydrogens is 238 g/mol. The zero-order chi connectivity index (χ0) is 14.7. The number of rotatable bonds is 11. The molecule has 0 heterocycles. The van der Waals surface area contributed by atoms with Crippen molar-refractivity contribution >= 4 is 0 Å². The summed E-state index contributed by atoms with van der Waals surface area (Å²) in [5.41, 5.74) is 0.305. The SMILES string of the molecule is CC(C)CCCOCCOCCNC(C)C(C)(C)C. The Morgan fingerprint density at radius 3 is 2.00 bits per heavy atom. The molecule has 0 aromatic heterocycles. The summed E-state index contributed by atoms with van der Waals surface area (Å²) in [6, 6.07) is 0.503. The molecule has 0 aliphatic heterocycles. The van der Waals surface area contributed by atoms with E-state index in [4.69, 9.17) is 9.47 Å². The molecule has 1 atom stereocenters. The van der Waals surface area contributed by atoms with E-state index in [-0.39, 0.29) is 0 Å². The Balaban J connectivity index is 3.19. The van der Waals surface area contributed by atoms with Crippen LogP contribution in [0.1, 0.15) is 54.4 Å². The van der Waals surface area contributed by atoms with E-state index in [1.54, 1.807) is 0 Å². The lowest BCUT2D eigenvalue weighted by Gasteiger charge is -2.28. The van der Waals surface area contributed by atoms with E-state index in [2.05, 4.69) is 46.9 Å². The van der Waals surface area contributed by atoms with Crippen molar-refractivity contribution in [3.63, 3.8) is 0 Å². The van der Waals surface area contributed by atoms with Gasteiger partial charge >= 0.3 is 0 Å². The Labute approximate surface area is 120 Å². The van der Waals surface area contributed by atoms with Gasteiger partial charge in [0.15, 0.2) is 0 Å². The average molecular weight is 273 g/mol. The fraction of sp³-hybridized carbons (Fsp3) is 1.00. The molecule has 0 bridgehead atoms. The molecule has 0 aromatic rings. The Morgan fingerprint density at radius 2 is 1.47 bits per heavy atom. The zero-order valence-electron chi connectivity index (χ0n) is 13.9. The van der Waals surface area contributed by atoms with Crippen LogP contribution in [-0.2, 0) is 9.47 Å². The third-order valence-electron chi connectivity index (χ3n) is 3.44. The Hall–Kier alpha value is -0.120. The first-order valence-electron chi connectivity index (χ1n) is 7.73. The maximum atomic E-state index is 5.54. The van der Waals surface area contributed by atoms with Gasteiger partial charge in [0.05, 0.1) is 19.8 Å². The van der Waals surface area contributed by atoms with Gasteiger partial charge in [-0.2, -0.15) is 0 Å². The van der Waals surface area contributed by atoms with Gasteiger partial charge in [0.1, 0.15) is 0 Å². The highest BCUT2D eigenvalue weighted by molar-refractivity contribution is 4.75. The van der Waals surface area contributed by atoms with Crippen LogP contribution < -0.4 is 5.32 Å². The smallest absolute Gasteiger partial charge is 0.0701 e. The van der Waals surface area contributed by atoms with Gasteiger partial charge in [-0.25, -0.2) is 0 Å². The highest BCUT2D eigenvalue weighted by Crippen LogP contribution is 2.17. The maximum Gasteiger partial charge on any atom is 0.0701 e. The van der Waals surface area contributed by atoms with E-state index in [0.717, 1.165) is 32.1 Å². The van der Waals surface area contributed by atoms with E-state index in [9.17, 15) is 0 Å². The molecule has 0 aliphatic rings. The van der Waals surface area contributed by atoms with Crippen LogP contribution in [-0.4, -0.2) is 39.0 Å². The van der Waals surface area contributed by atoms with Gasteiger partial charge < -0.3 is 14.8 Å². The second kappa shape index (κ2) is 10.6. The van der Waals surface area contributed by atoms with Crippen molar-refractivity contribution in [2.24, 2.45) is 11.3 Å². The van der Waals surface area contributed by atoms with Crippen molar-refractivity contribution in [3.05, 3.63) is 0 Å². The highest BCUT2D eigenvalue weighted by atomic mass is 16.5. The largest absolute Gasteiger partial charge is 0.379 e. The lowest BCUT2D eigenvalue weighted by Crippen LogP contribution is -2.39. The van der Waals surface area contributed by atoms with Gasteiger partial charge in [0, 0.05) is 19.2 Å². The minimum absolute atomic E-state index is 0.305. The predicted octanol–water partition coefficient (Wildman–Crippen LogP) is 3.48. The minimum Gasteiger partial charge on any atom is -0.379 e. The molecule has 0 spiro atoms. The molecular formula is C16H35NO2. The van der Waals surface area contributed by atoms with Crippen LogP contribution >= 0.6 is 0 Å². The van der Waals surface area contributed by atoms with Crippen molar-refractivity contribution in [2.45, 2.75) is 60.4 Å². The van der Waals surface area contributed by atoms with Crippen LogP contribution in [0.5, 0.6) is 0 Å². The van der Waals surface area contributed by atoms with Crippen molar-refractivity contribution < 1.29 is 9.47 Å².